The molecule has 0 aliphatic carbocycles. The summed E-state index contributed by atoms with van der Waals surface area (Å²) in [5, 5.41) is 12.2. The maximum atomic E-state index is 9.01. The molecular weight excluding hydrogens is 204 g/mol. The van der Waals surface area contributed by atoms with E-state index in [0.717, 1.165) is 18.5 Å². The molecule has 3 heteroatoms. The summed E-state index contributed by atoms with van der Waals surface area (Å²) in [7, 11) is 0. The van der Waals surface area contributed by atoms with Crippen LogP contribution in [0.2, 0.25) is 0 Å². The van der Waals surface area contributed by atoms with E-state index in [0.29, 0.717) is 0 Å². The topological polar surface area (TPSA) is 35.8 Å². The predicted octanol–water partition coefficient (Wildman–Crippen LogP) is 2.97. The lowest BCUT2D eigenvalue weighted by atomic mass is 10.1. The first-order valence-corrected chi connectivity index (χ1v) is 6.31. The largest absolute Gasteiger partial charge is 0.298 e. The van der Waals surface area contributed by atoms with Gasteiger partial charge in [0.15, 0.2) is 0 Å². The zero-order valence-corrected chi connectivity index (χ0v) is 9.97. The Kier molecular flexibility index (Phi) is 5.23. The monoisotopic (exact) mass is 220 g/mol. The number of hydrogen-bond acceptors (Lipinski definition) is 3. The van der Waals surface area contributed by atoms with Crippen molar-refractivity contribution in [2.24, 2.45) is 0 Å². The molecule has 1 atom stereocenters. The predicted molar refractivity (Wildman–Crippen MR) is 64.9 cm³/mol. The quantitative estimate of drug-likeness (QED) is 0.775. The van der Waals surface area contributed by atoms with E-state index < -0.39 is 0 Å². The second kappa shape index (κ2) is 6.49. The van der Waals surface area contributed by atoms with E-state index in [1.807, 2.05) is 18.4 Å². The maximum Gasteiger partial charge on any atom is 0.121 e. The van der Waals surface area contributed by atoms with Gasteiger partial charge in [0.1, 0.15) is 6.04 Å². The fourth-order valence-electron chi connectivity index (χ4n) is 1.32. The molecule has 0 aromatic heterocycles. The summed E-state index contributed by atoms with van der Waals surface area (Å²) in [5.74, 6) is 0. The van der Waals surface area contributed by atoms with Crippen LogP contribution in [0.5, 0.6) is 0 Å². The van der Waals surface area contributed by atoms with Crippen molar-refractivity contribution in [3.63, 3.8) is 0 Å². The van der Waals surface area contributed by atoms with Crippen molar-refractivity contribution >= 4 is 11.8 Å². The van der Waals surface area contributed by atoms with Crippen molar-refractivity contribution in [2.45, 2.75) is 24.3 Å². The molecular formula is C12H16N2S. The third-order valence-electron chi connectivity index (χ3n) is 2.18. The summed E-state index contributed by atoms with van der Waals surface area (Å²) in [4.78, 5) is 1.23. The van der Waals surface area contributed by atoms with Crippen LogP contribution in [0.3, 0.4) is 0 Å². The van der Waals surface area contributed by atoms with E-state index in [-0.39, 0.29) is 6.04 Å². The van der Waals surface area contributed by atoms with Crippen LogP contribution in [-0.4, -0.2) is 12.8 Å². The first kappa shape index (κ1) is 12.1. The number of rotatable bonds is 5. The minimum Gasteiger partial charge on any atom is -0.298 e. The zero-order chi connectivity index (χ0) is 11.1. The van der Waals surface area contributed by atoms with Crippen molar-refractivity contribution in [3.8, 4) is 6.07 Å². The summed E-state index contributed by atoms with van der Waals surface area (Å²) in [6.45, 7) is 2.97. The highest BCUT2D eigenvalue weighted by molar-refractivity contribution is 7.98. The highest BCUT2D eigenvalue weighted by Gasteiger charge is 2.08. The van der Waals surface area contributed by atoms with Gasteiger partial charge in [-0.05, 0) is 36.9 Å². The second-order valence-electron chi connectivity index (χ2n) is 3.29. The summed E-state index contributed by atoms with van der Waals surface area (Å²) in [5.41, 5.74) is 1.05. The zero-order valence-electron chi connectivity index (χ0n) is 9.16. The Labute approximate surface area is 95.7 Å². The van der Waals surface area contributed by atoms with E-state index in [9.17, 15) is 0 Å². The van der Waals surface area contributed by atoms with E-state index in [4.69, 9.17) is 5.26 Å². The number of nitrogens with one attached hydrogen (secondary N) is 1. The number of nitrogens with zero attached hydrogens (tertiary/aromatic N) is 1. The van der Waals surface area contributed by atoms with Crippen LogP contribution in [0.25, 0.3) is 0 Å². The molecule has 1 aromatic carbocycles. The molecule has 0 aliphatic rings. The standard InChI is InChI=1S/C12H16N2S/c1-3-8-14-12(9-13)10-4-6-11(15-2)7-5-10/h4-7,12,14H,3,8H2,1-2H3. The molecule has 0 spiro atoms. The first-order valence-electron chi connectivity index (χ1n) is 5.08. The first-order chi connectivity index (χ1) is 7.31. The molecule has 0 saturated heterocycles. The molecule has 1 aromatic rings. The normalized spacial score (nSPS) is 12.1. The van der Waals surface area contributed by atoms with Gasteiger partial charge in [-0.15, -0.1) is 11.8 Å². The Morgan fingerprint density at radius 1 is 1.40 bits per heavy atom. The smallest absolute Gasteiger partial charge is 0.121 e. The third-order valence-corrected chi connectivity index (χ3v) is 2.92. The van der Waals surface area contributed by atoms with Gasteiger partial charge in [-0.25, -0.2) is 0 Å². The van der Waals surface area contributed by atoms with Gasteiger partial charge in [0.25, 0.3) is 0 Å². The van der Waals surface area contributed by atoms with Crippen LogP contribution in [0.4, 0.5) is 0 Å². The van der Waals surface area contributed by atoms with Gasteiger partial charge >= 0.3 is 0 Å². The number of benzene rings is 1. The summed E-state index contributed by atoms with van der Waals surface area (Å²) in [6.07, 6.45) is 3.09. The maximum absolute atomic E-state index is 9.01. The molecule has 1 N–H and O–H groups in total. The highest BCUT2D eigenvalue weighted by Crippen LogP contribution is 2.18. The average molecular weight is 220 g/mol. The van der Waals surface area contributed by atoms with Crippen LogP contribution in [-0.2, 0) is 0 Å². The van der Waals surface area contributed by atoms with Gasteiger partial charge in [-0.1, -0.05) is 19.1 Å². The number of nitriles is 1. The van der Waals surface area contributed by atoms with E-state index in [1.54, 1.807) is 11.8 Å². The van der Waals surface area contributed by atoms with Gasteiger partial charge in [0.2, 0.25) is 0 Å². The number of hydrogen-bond donors (Lipinski definition) is 1. The van der Waals surface area contributed by atoms with Crippen LogP contribution in [0, 0.1) is 11.3 Å². The molecule has 0 amide bonds. The fraction of sp³-hybridized carbons (Fsp3) is 0.417. The molecule has 0 radical (unpaired) electrons. The highest BCUT2D eigenvalue weighted by atomic mass is 32.2. The molecule has 0 bridgehead atoms. The lowest BCUT2D eigenvalue weighted by Gasteiger charge is -2.11. The van der Waals surface area contributed by atoms with Gasteiger partial charge in [0, 0.05) is 4.90 Å². The summed E-state index contributed by atoms with van der Waals surface area (Å²) in [6, 6.07) is 10.2. The third kappa shape index (κ3) is 3.58. The molecule has 15 heavy (non-hydrogen) atoms. The van der Waals surface area contributed by atoms with Crippen molar-refractivity contribution in [3.05, 3.63) is 29.8 Å². The van der Waals surface area contributed by atoms with Gasteiger partial charge in [0.05, 0.1) is 6.07 Å². The van der Waals surface area contributed by atoms with E-state index in [1.165, 1.54) is 4.90 Å². The van der Waals surface area contributed by atoms with Crippen LogP contribution in [0.1, 0.15) is 24.9 Å². The van der Waals surface area contributed by atoms with Gasteiger partial charge < -0.3 is 0 Å². The van der Waals surface area contributed by atoms with Crippen LogP contribution < -0.4 is 5.32 Å². The molecule has 0 fully saturated rings. The van der Waals surface area contributed by atoms with Crippen LogP contribution >= 0.6 is 11.8 Å². The Hall–Kier alpha value is -0.980. The van der Waals surface area contributed by atoms with Crippen LogP contribution in [0.15, 0.2) is 29.2 Å². The Morgan fingerprint density at radius 3 is 2.53 bits per heavy atom. The molecule has 0 saturated carbocycles. The molecule has 0 heterocycles. The van der Waals surface area contributed by atoms with Crippen molar-refractivity contribution in [1.29, 1.82) is 5.26 Å². The van der Waals surface area contributed by atoms with Crippen molar-refractivity contribution in [1.82, 2.24) is 5.32 Å². The fourth-order valence-corrected chi connectivity index (χ4v) is 1.73. The lowest BCUT2D eigenvalue weighted by Crippen LogP contribution is -2.20. The lowest BCUT2D eigenvalue weighted by molar-refractivity contribution is 0.621. The minimum atomic E-state index is -0.180. The average Bonchev–Trinajstić information content (AvgIpc) is 2.31. The summed E-state index contributed by atoms with van der Waals surface area (Å²) >= 11 is 1.71. The molecule has 80 valence electrons. The number of thioether (sulfide) groups is 1. The summed E-state index contributed by atoms with van der Waals surface area (Å²) < 4.78 is 0. The minimum absolute atomic E-state index is 0.180. The Morgan fingerprint density at radius 2 is 2.07 bits per heavy atom. The Balaban J connectivity index is 2.70. The van der Waals surface area contributed by atoms with Crippen molar-refractivity contribution in [2.75, 3.05) is 12.8 Å². The van der Waals surface area contributed by atoms with E-state index >= 15 is 0 Å². The van der Waals surface area contributed by atoms with Gasteiger partial charge in [-0.2, -0.15) is 5.26 Å². The second-order valence-corrected chi connectivity index (χ2v) is 4.17. The SMILES string of the molecule is CCCNC(C#N)c1ccc(SC)cc1. The van der Waals surface area contributed by atoms with Gasteiger partial charge in [-0.3, -0.25) is 5.32 Å². The Bertz CT molecular complexity index is 326. The molecule has 1 unspecified atom stereocenters. The van der Waals surface area contributed by atoms with Crippen molar-refractivity contribution < 1.29 is 0 Å². The molecule has 2 nitrogen and oxygen atoms in total. The molecule has 0 aliphatic heterocycles. The van der Waals surface area contributed by atoms with E-state index in [2.05, 4.69) is 30.4 Å². The molecule has 1 rings (SSSR count).